The molecule has 0 saturated heterocycles. The molecule has 2 aromatic rings. The van der Waals surface area contributed by atoms with Crippen LogP contribution < -0.4 is 5.43 Å². The lowest BCUT2D eigenvalue weighted by Gasteiger charge is -2.11. The number of benzene rings is 1. The van der Waals surface area contributed by atoms with Gasteiger partial charge in [0.25, 0.3) is 5.91 Å². The number of carbonyl (C=O) groups is 2. The molecule has 1 aromatic heterocycles. The first-order chi connectivity index (χ1) is 11.1. The van der Waals surface area contributed by atoms with Crippen molar-refractivity contribution in [1.29, 1.82) is 0 Å². The van der Waals surface area contributed by atoms with Crippen LogP contribution in [0, 0.1) is 6.92 Å². The topological polar surface area (TPSA) is 76.3 Å². The third kappa shape index (κ3) is 3.16. The Labute approximate surface area is 134 Å². The number of nitrogens with zero attached hydrogens (tertiary/aromatic N) is 3. The van der Waals surface area contributed by atoms with Crippen LogP contribution in [0.5, 0.6) is 0 Å². The first-order valence-corrected chi connectivity index (χ1v) is 7.93. The number of hydrogen-bond donors (Lipinski definition) is 1. The number of nitrogens with one attached hydrogen (secondary N) is 1. The first kappa shape index (κ1) is 15.4. The van der Waals surface area contributed by atoms with Gasteiger partial charge in [-0.25, -0.2) is 10.4 Å². The molecule has 1 fully saturated rings. The highest BCUT2D eigenvalue weighted by molar-refractivity contribution is 6.05. The van der Waals surface area contributed by atoms with Crippen molar-refractivity contribution in [1.82, 2.24) is 15.0 Å². The van der Waals surface area contributed by atoms with E-state index >= 15 is 0 Å². The predicted octanol–water partition coefficient (Wildman–Crippen LogP) is 2.59. The number of aromatic nitrogens is 2. The minimum atomic E-state index is -0.277. The van der Waals surface area contributed by atoms with Gasteiger partial charge in [-0.3, -0.25) is 9.59 Å². The number of fused-ring (bicyclic) bond motifs is 1. The van der Waals surface area contributed by atoms with Crippen molar-refractivity contribution < 1.29 is 9.59 Å². The summed E-state index contributed by atoms with van der Waals surface area (Å²) in [5.74, 6) is 0.841. The minimum absolute atomic E-state index is 0.186. The number of amides is 1. The lowest BCUT2D eigenvalue weighted by Crippen LogP contribution is -2.22. The SMILES string of the molecule is CCn1c(C)nc2cc(C(=O)N/N=C3\CCCC(=O)C3)ccc21. The van der Waals surface area contributed by atoms with E-state index in [1.807, 2.05) is 13.0 Å². The monoisotopic (exact) mass is 312 g/mol. The fraction of sp³-hybridized carbons (Fsp3) is 0.412. The number of hydrogen-bond acceptors (Lipinski definition) is 4. The molecule has 0 aliphatic heterocycles. The second kappa shape index (κ2) is 6.32. The van der Waals surface area contributed by atoms with Crippen LogP contribution in [0.25, 0.3) is 11.0 Å². The maximum Gasteiger partial charge on any atom is 0.271 e. The fourth-order valence-electron chi connectivity index (χ4n) is 2.97. The van der Waals surface area contributed by atoms with Crippen LogP contribution in [0.1, 0.15) is 48.8 Å². The van der Waals surface area contributed by atoms with Gasteiger partial charge in [0, 0.05) is 30.7 Å². The van der Waals surface area contributed by atoms with Crippen LogP contribution in [-0.2, 0) is 11.3 Å². The lowest BCUT2D eigenvalue weighted by atomic mass is 9.97. The molecule has 23 heavy (non-hydrogen) atoms. The highest BCUT2D eigenvalue weighted by atomic mass is 16.2. The van der Waals surface area contributed by atoms with Gasteiger partial charge in [-0.05, 0) is 44.9 Å². The van der Waals surface area contributed by atoms with E-state index in [2.05, 4.69) is 27.0 Å². The minimum Gasteiger partial charge on any atom is -0.329 e. The average Bonchev–Trinajstić information content (AvgIpc) is 2.86. The molecule has 1 aromatic carbocycles. The summed E-state index contributed by atoms with van der Waals surface area (Å²) in [7, 11) is 0. The van der Waals surface area contributed by atoms with Crippen LogP contribution in [0.2, 0.25) is 0 Å². The Kier molecular flexibility index (Phi) is 4.23. The molecule has 1 aliphatic rings. The smallest absolute Gasteiger partial charge is 0.271 e. The molecule has 0 atom stereocenters. The molecule has 1 amide bonds. The highest BCUT2D eigenvalue weighted by Crippen LogP contribution is 2.18. The first-order valence-electron chi connectivity index (χ1n) is 7.93. The molecule has 6 heteroatoms. The van der Waals surface area contributed by atoms with E-state index in [9.17, 15) is 9.59 Å². The Morgan fingerprint density at radius 2 is 2.22 bits per heavy atom. The Hall–Kier alpha value is -2.50. The van der Waals surface area contributed by atoms with Gasteiger partial charge in [-0.2, -0.15) is 5.10 Å². The molecule has 1 saturated carbocycles. The normalized spacial score (nSPS) is 17.0. The van der Waals surface area contributed by atoms with E-state index in [0.29, 0.717) is 18.4 Å². The highest BCUT2D eigenvalue weighted by Gasteiger charge is 2.15. The van der Waals surface area contributed by atoms with Gasteiger partial charge in [0.1, 0.15) is 11.6 Å². The lowest BCUT2D eigenvalue weighted by molar-refractivity contribution is -0.118. The summed E-state index contributed by atoms with van der Waals surface area (Å²) in [6.07, 6.45) is 2.54. The zero-order valence-electron chi connectivity index (χ0n) is 13.4. The summed E-state index contributed by atoms with van der Waals surface area (Å²) >= 11 is 0. The number of carbonyl (C=O) groups excluding carboxylic acids is 2. The summed E-state index contributed by atoms with van der Waals surface area (Å²) in [6.45, 7) is 4.86. The van der Waals surface area contributed by atoms with E-state index in [4.69, 9.17) is 0 Å². The van der Waals surface area contributed by atoms with E-state index in [-0.39, 0.29) is 11.7 Å². The van der Waals surface area contributed by atoms with Gasteiger partial charge < -0.3 is 4.57 Å². The summed E-state index contributed by atoms with van der Waals surface area (Å²) in [5, 5.41) is 4.10. The van der Waals surface area contributed by atoms with Crippen LogP contribution in [0.3, 0.4) is 0 Å². The van der Waals surface area contributed by atoms with Gasteiger partial charge in [-0.15, -0.1) is 0 Å². The second-order valence-electron chi connectivity index (χ2n) is 5.79. The number of aryl methyl sites for hydroxylation is 2. The van der Waals surface area contributed by atoms with Crippen molar-refractivity contribution in [2.45, 2.75) is 46.1 Å². The molecular weight excluding hydrogens is 292 g/mol. The summed E-state index contributed by atoms with van der Waals surface area (Å²) < 4.78 is 2.10. The second-order valence-corrected chi connectivity index (χ2v) is 5.79. The summed E-state index contributed by atoms with van der Waals surface area (Å²) in [6, 6.07) is 5.46. The summed E-state index contributed by atoms with van der Waals surface area (Å²) in [5.41, 5.74) is 5.64. The molecule has 1 heterocycles. The van der Waals surface area contributed by atoms with Gasteiger partial charge in [0.15, 0.2) is 0 Å². The molecule has 0 spiro atoms. The van der Waals surface area contributed by atoms with Crippen LogP contribution in [-0.4, -0.2) is 27.0 Å². The van der Waals surface area contributed by atoms with Gasteiger partial charge in [0.2, 0.25) is 0 Å². The van der Waals surface area contributed by atoms with Crippen LogP contribution in [0.4, 0.5) is 0 Å². The number of hydrazone groups is 1. The number of ketones is 1. The predicted molar refractivity (Wildman–Crippen MR) is 88.5 cm³/mol. The van der Waals surface area contributed by atoms with Crippen molar-refractivity contribution in [3.63, 3.8) is 0 Å². The number of imidazole rings is 1. The summed E-state index contributed by atoms with van der Waals surface area (Å²) in [4.78, 5) is 28.1. The maximum absolute atomic E-state index is 12.2. The third-order valence-electron chi connectivity index (χ3n) is 4.16. The molecule has 0 bridgehead atoms. The Balaban J connectivity index is 1.78. The molecule has 120 valence electrons. The van der Waals surface area contributed by atoms with Crippen molar-refractivity contribution in [2.24, 2.45) is 5.10 Å². The van der Waals surface area contributed by atoms with Crippen molar-refractivity contribution >= 4 is 28.4 Å². The molecule has 1 N–H and O–H groups in total. The van der Waals surface area contributed by atoms with Crippen LogP contribution in [0.15, 0.2) is 23.3 Å². The Bertz CT molecular complexity index is 804. The molecule has 6 nitrogen and oxygen atoms in total. The molecule has 3 rings (SSSR count). The van der Waals surface area contributed by atoms with Gasteiger partial charge in [-0.1, -0.05) is 0 Å². The molecular formula is C17H20N4O2. The van der Waals surface area contributed by atoms with Gasteiger partial charge >= 0.3 is 0 Å². The largest absolute Gasteiger partial charge is 0.329 e. The Morgan fingerprint density at radius 1 is 1.39 bits per heavy atom. The zero-order valence-corrected chi connectivity index (χ0v) is 13.4. The van der Waals surface area contributed by atoms with E-state index in [0.717, 1.165) is 42.0 Å². The number of Topliss-reactive ketones (excluding diaryl/α,β-unsaturated/α-hetero) is 1. The van der Waals surface area contributed by atoms with Gasteiger partial charge in [0.05, 0.1) is 11.0 Å². The molecule has 1 aliphatic carbocycles. The van der Waals surface area contributed by atoms with E-state index in [1.54, 1.807) is 12.1 Å². The number of rotatable bonds is 3. The van der Waals surface area contributed by atoms with Crippen molar-refractivity contribution in [3.05, 3.63) is 29.6 Å². The molecule has 0 unspecified atom stereocenters. The molecule has 0 radical (unpaired) electrons. The van der Waals surface area contributed by atoms with Crippen LogP contribution >= 0.6 is 0 Å². The quantitative estimate of drug-likeness (QED) is 0.885. The Morgan fingerprint density at radius 3 is 2.96 bits per heavy atom. The van der Waals surface area contributed by atoms with E-state index in [1.165, 1.54) is 0 Å². The van der Waals surface area contributed by atoms with Crippen molar-refractivity contribution in [2.75, 3.05) is 0 Å². The zero-order chi connectivity index (χ0) is 16.4. The van der Waals surface area contributed by atoms with E-state index < -0.39 is 0 Å². The fourth-order valence-corrected chi connectivity index (χ4v) is 2.97. The van der Waals surface area contributed by atoms with Crippen molar-refractivity contribution in [3.8, 4) is 0 Å². The maximum atomic E-state index is 12.2. The average molecular weight is 312 g/mol. The standard InChI is InChI=1S/C17H20N4O2/c1-3-21-11(2)18-15-9-12(7-8-16(15)21)17(23)20-19-13-5-4-6-14(22)10-13/h7-9H,3-6,10H2,1-2H3,(H,20,23)/b19-13+. The third-order valence-corrected chi connectivity index (χ3v) is 4.16.